The Morgan fingerprint density at radius 2 is 2.22 bits per heavy atom. The minimum Gasteiger partial charge on any atom is -0.507 e. The zero-order valence-electron chi connectivity index (χ0n) is 9.33. The van der Waals surface area contributed by atoms with E-state index in [2.05, 4.69) is 26.0 Å². The molecule has 0 bridgehead atoms. The van der Waals surface area contributed by atoms with Gasteiger partial charge in [-0.25, -0.2) is 8.78 Å². The first-order valence-corrected chi connectivity index (χ1v) is 5.92. The molecular weight excluding hydrogens is 312 g/mol. The Hall–Kier alpha value is -1.21. The van der Waals surface area contributed by atoms with E-state index in [1.165, 1.54) is 18.2 Å². The topological polar surface area (TPSA) is 58.6 Å². The minimum absolute atomic E-state index is 0.0125. The van der Waals surface area contributed by atoms with E-state index in [-0.39, 0.29) is 24.5 Å². The molecule has 0 heterocycles. The Morgan fingerprint density at radius 1 is 1.50 bits per heavy atom. The van der Waals surface area contributed by atoms with E-state index in [1.807, 2.05) is 0 Å². The van der Waals surface area contributed by atoms with E-state index in [9.17, 15) is 18.7 Å². The number of rotatable bonds is 6. The number of hydrogen-bond donors (Lipinski definition) is 2. The second-order valence-electron chi connectivity index (χ2n) is 3.39. The van der Waals surface area contributed by atoms with Crippen molar-refractivity contribution in [2.75, 3.05) is 19.8 Å². The highest BCUT2D eigenvalue weighted by Crippen LogP contribution is 2.24. The van der Waals surface area contributed by atoms with Crippen molar-refractivity contribution in [1.29, 1.82) is 0 Å². The number of aromatic hydroxyl groups is 1. The zero-order valence-corrected chi connectivity index (χ0v) is 10.9. The highest BCUT2D eigenvalue weighted by atomic mass is 79.9. The van der Waals surface area contributed by atoms with Crippen molar-refractivity contribution >= 4 is 21.8 Å². The highest BCUT2D eigenvalue weighted by molar-refractivity contribution is 9.10. The lowest BCUT2D eigenvalue weighted by molar-refractivity contribution is 0.0188. The van der Waals surface area contributed by atoms with Gasteiger partial charge in [0.2, 0.25) is 0 Å². The Balaban J connectivity index is 2.34. The van der Waals surface area contributed by atoms with E-state index < -0.39 is 18.9 Å². The van der Waals surface area contributed by atoms with Crippen LogP contribution in [-0.4, -0.2) is 37.2 Å². The fraction of sp³-hybridized carbons (Fsp3) is 0.364. The number of benzene rings is 1. The fourth-order valence-corrected chi connectivity index (χ4v) is 1.41. The molecule has 0 aliphatic heterocycles. The molecule has 18 heavy (non-hydrogen) atoms. The number of phenols is 1. The molecule has 0 atom stereocenters. The van der Waals surface area contributed by atoms with Crippen molar-refractivity contribution in [3.63, 3.8) is 0 Å². The number of carbonyl (C=O) groups excluding carboxylic acids is 1. The number of hydrogen-bond acceptors (Lipinski definition) is 3. The molecule has 1 aromatic carbocycles. The second-order valence-corrected chi connectivity index (χ2v) is 4.24. The summed E-state index contributed by atoms with van der Waals surface area (Å²) in [5, 5.41) is 11.9. The highest BCUT2D eigenvalue weighted by Gasteiger charge is 2.08. The average molecular weight is 324 g/mol. The molecule has 0 spiro atoms. The molecule has 0 unspecified atom stereocenters. The van der Waals surface area contributed by atoms with Gasteiger partial charge in [0, 0.05) is 12.1 Å². The van der Waals surface area contributed by atoms with E-state index in [0.717, 1.165) is 0 Å². The van der Waals surface area contributed by atoms with Crippen molar-refractivity contribution in [2.45, 2.75) is 6.43 Å². The normalized spacial score (nSPS) is 10.7. The smallest absolute Gasteiger partial charge is 0.261 e. The third-order valence-electron chi connectivity index (χ3n) is 1.98. The third-order valence-corrected chi connectivity index (χ3v) is 2.65. The van der Waals surface area contributed by atoms with Crippen LogP contribution in [0.1, 0.15) is 10.4 Å². The Morgan fingerprint density at radius 3 is 2.83 bits per heavy atom. The van der Waals surface area contributed by atoms with E-state index in [4.69, 9.17) is 0 Å². The summed E-state index contributed by atoms with van der Waals surface area (Å²) in [6.45, 7) is -0.504. The Bertz CT molecular complexity index is 415. The van der Waals surface area contributed by atoms with Gasteiger partial charge in [-0.1, -0.05) is 0 Å². The maximum atomic E-state index is 11.7. The summed E-state index contributed by atoms with van der Waals surface area (Å²) in [6, 6.07) is 4.37. The van der Waals surface area contributed by atoms with Crippen LogP contribution in [0, 0.1) is 0 Å². The first-order chi connectivity index (χ1) is 8.50. The SMILES string of the molecule is O=C(NCCOCC(F)F)c1ccc(Br)c(O)c1. The lowest BCUT2D eigenvalue weighted by Gasteiger charge is -2.07. The van der Waals surface area contributed by atoms with Crippen LogP contribution >= 0.6 is 15.9 Å². The molecule has 1 rings (SSSR count). The maximum absolute atomic E-state index is 11.7. The summed E-state index contributed by atoms with van der Waals surface area (Å²) in [4.78, 5) is 11.6. The van der Waals surface area contributed by atoms with Crippen molar-refractivity contribution in [2.24, 2.45) is 0 Å². The number of phenolic OH excluding ortho intramolecular Hbond substituents is 1. The lowest BCUT2D eigenvalue weighted by Crippen LogP contribution is -2.27. The molecule has 1 aromatic rings. The van der Waals surface area contributed by atoms with Crippen molar-refractivity contribution < 1.29 is 23.4 Å². The molecule has 0 aliphatic rings. The van der Waals surface area contributed by atoms with Crippen molar-refractivity contribution in [1.82, 2.24) is 5.32 Å². The molecule has 2 N–H and O–H groups in total. The van der Waals surface area contributed by atoms with Crippen LogP contribution in [0.15, 0.2) is 22.7 Å². The number of carbonyl (C=O) groups is 1. The van der Waals surface area contributed by atoms with E-state index in [0.29, 0.717) is 4.47 Å². The van der Waals surface area contributed by atoms with Crippen molar-refractivity contribution in [3.05, 3.63) is 28.2 Å². The second kappa shape index (κ2) is 7.27. The first-order valence-electron chi connectivity index (χ1n) is 5.13. The summed E-state index contributed by atoms with van der Waals surface area (Å²) in [5.74, 6) is -0.449. The van der Waals surface area contributed by atoms with Crippen LogP contribution in [0.2, 0.25) is 0 Å². The van der Waals surface area contributed by atoms with Crippen molar-refractivity contribution in [3.8, 4) is 5.75 Å². The lowest BCUT2D eigenvalue weighted by atomic mass is 10.2. The molecule has 0 aliphatic carbocycles. The summed E-state index contributed by atoms with van der Waals surface area (Å²) in [7, 11) is 0. The van der Waals surface area contributed by atoms with Gasteiger partial charge in [0.15, 0.2) is 0 Å². The van der Waals surface area contributed by atoms with Crippen LogP contribution in [-0.2, 0) is 4.74 Å². The van der Waals surface area contributed by atoms with Gasteiger partial charge in [-0.05, 0) is 34.1 Å². The van der Waals surface area contributed by atoms with Gasteiger partial charge in [-0.15, -0.1) is 0 Å². The number of ether oxygens (including phenoxy) is 1. The van der Waals surface area contributed by atoms with Crippen LogP contribution in [0.3, 0.4) is 0 Å². The van der Waals surface area contributed by atoms with Crippen LogP contribution < -0.4 is 5.32 Å². The molecule has 7 heteroatoms. The maximum Gasteiger partial charge on any atom is 0.261 e. The number of nitrogens with one attached hydrogen (secondary N) is 1. The minimum atomic E-state index is -2.51. The molecule has 0 fully saturated rings. The van der Waals surface area contributed by atoms with Gasteiger partial charge >= 0.3 is 0 Å². The molecule has 0 saturated heterocycles. The monoisotopic (exact) mass is 323 g/mol. The third kappa shape index (κ3) is 4.97. The first kappa shape index (κ1) is 14.8. The molecule has 100 valence electrons. The zero-order chi connectivity index (χ0) is 13.5. The summed E-state index contributed by atoms with van der Waals surface area (Å²) >= 11 is 3.09. The van der Waals surface area contributed by atoms with Crippen LogP contribution in [0.5, 0.6) is 5.75 Å². The average Bonchev–Trinajstić information content (AvgIpc) is 2.31. The predicted molar refractivity (Wildman–Crippen MR) is 65.0 cm³/mol. The summed E-state index contributed by atoms with van der Waals surface area (Å²) in [6.07, 6.45) is -2.51. The van der Waals surface area contributed by atoms with Gasteiger partial charge < -0.3 is 15.2 Å². The Kier molecular flexibility index (Phi) is 6.00. The predicted octanol–water partition coefficient (Wildman–Crippen LogP) is 2.17. The van der Waals surface area contributed by atoms with Gasteiger partial charge in [0.05, 0.1) is 11.1 Å². The summed E-state index contributed by atoms with van der Waals surface area (Å²) in [5.41, 5.74) is 0.282. The fourth-order valence-electron chi connectivity index (χ4n) is 1.17. The number of amides is 1. The quantitative estimate of drug-likeness (QED) is 0.789. The molecule has 0 aromatic heterocycles. The summed E-state index contributed by atoms with van der Waals surface area (Å²) < 4.78 is 28.5. The molecular formula is C11H12BrF2NO3. The standard InChI is InChI=1S/C11H12BrF2NO3/c12-8-2-1-7(5-9(8)16)11(17)15-3-4-18-6-10(13)14/h1-2,5,10,16H,3-4,6H2,(H,15,17). The van der Waals surface area contributed by atoms with E-state index >= 15 is 0 Å². The van der Waals surface area contributed by atoms with Crippen LogP contribution in [0.4, 0.5) is 8.78 Å². The number of alkyl halides is 2. The van der Waals surface area contributed by atoms with Gasteiger partial charge in [0.1, 0.15) is 12.4 Å². The van der Waals surface area contributed by atoms with Crippen LogP contribution in [0.25, 0.3) is 0 Å². The van der Waals surface area contributed by atoms with E-state index in [1.54, 1.807) is 0 Å². The number of halogens is 3. The van der Waals surface area contributed by atoms with Gasteiger partial charge in [-0.3, -0.25) is 4.79 Å². The molecule has 0 saturated carbocycles. The van der Waals surface area contributed by atoms with Gasteiger partial charge in [0.25, 0.3) is 12.3 Å². The molecule has 4 nitrogen and oxygen atoms in total. The Labute approximate surface area is 111 Å². The largest absolute Gasteiger partial charge is 0.507 e. The van der Waals surface area contributed by atoms with Gasteiger partial charge in [-0.2, -0.15) is 0 Å². The molecule has 1 amide bonds. The molecule has 0 radical (unpaired) electrons.